The number of aryl methyl sites for hydroxylation is 1. The molecule has 2 aromatic heterocycles. The molecule has 0 saturated heterocycles. The van der Waals surface area contributed by atoms with Gasteiger partial charge >= 0.3 is 6.09 Å². The topological polar surface area (TPSA) is 68.5 Å². The van der Waals surface area contributed by atoms with Crippen LogP contribution in [0.5, 0.6) is 0 Å². The van der Waals surface area contributed by atoms with Crippen molar-refractivity contribution in [2.24, 2.45) is 0 Å². The molecule has 0 saturated carbocycles. The van der Waals surface area contributed by atoms with Crippen molar-refractivity contribution in [1.29, 1.82) is 0 Å². The van der Waals surface area contributed by atoms with Crippen LogP contribution < -0.4 is 5.32 Å². The van der Waals surface area contributed by atoms with E-state index in [9.17, 15) is 4.79 Å². The standard InChI is InChI=1S/C13H17BrN4O2/c1-8-15-11-10(16-12(19)20-13(2,3)4)5-9(6-14)7-18(11)17-8/h5,7H,6H2,1-4H3,(H,16,19). The van der Waals surface area contributed by atoms with Crippen LogP contribution in [0.25, 0.3) is 5.65 Å². The van der Waals surface area contributed by atoms with E-state index in [4.69, 9.17) is 4.74 Å². The minimum atomic E-state index is -0.545. The molecule has 0 bridgehead atoms. The number of anilines is 1. The van der Waals surface area contributed by atoms with E-state index in [1.54, 1.807) is 11.4 Å². The van der Waals surface area contributed by atoms with E-state index in [0.717, 1.165) is 5.56 Å². The molecule has 0 spiro atoms. The lowest BCUT2D eigenvalue weighted by molar-refractivity contribution is 0.0636. The van der Waals surface area contributed by atoms with Crippen molar-refractivity contribution in [1.82, 2.24) is 14.6 Å². The Morgan fingerprint density at radius 2 is 2.20 bits per heavy atom. The van der Waals surface area contributed by atoms with E-state index in [1.165, 1.54) is 0 Å². The summed E-state index contributed by atoms with van der Waals surface area (Å²) in [4.78, 5) is 16.2. The van der Waals surface area contributed by atoms with E-state index in [0.29, 0.717) is 22.5 Å². The second kappa shape index (κ2) is 5.40. The third-order valence-corrected chi connectivity index (χ3v) is 3.03. The Morgan fingerprint density at radius 3 is 2.80 bits per heavy atom. The number of ether oxygens (including phenoxy) is 1. The van der Waals surface area contributed by atoms with Gasteiger partial charge in [0.1, 0.15) is 11.4 Å². The summed E-state index contributed by atoms with van der Waals surface area (Å²) in [7, 11) is 0. The Bertz CT molecular complexity index is 646. The maximum Gasteiger partial charge on any atom is 0.412 e. The molecule has 0 aliphatic heterocycles. The number of rotatable bonds is 2. The first-order valence-electron chi connectivity index (χ1n) is 6.20. The third kappa shape index (κ3) is 3.47. The van der Waals surface area contributed by atoms with Crippen molar-refractivity contribution in [3.8, 4) is 0 Å². The molecule has 0 radical (unpaired) electrons. The highest BCUT2D eigenvalue weighted by Gasteiger charge is 2.18. The smallest absolute Gasteiger partial charge is 0.412 e. The molecular weight excluding hydrogens is 324 g/mol. The number of carbonyl (C=O) groups is 1. The SMILES string of the molecule is Cc1nc2c(NC(=O)OC(C)(C)C)cc(CBr)cn2n1. The highest BCUT2D eigenvalue weighted by atomic mass is 79.9. The fraction of sp³-hybridized carbons (Fsp3) is 0.462. The van der Waals surface area contributed by atoms with E-state index >= 15 is 0 Å². The molecule has 0 aliphatic carbocycles. The van der Waals surface area contributed by atoms with Crippen LogP contribution >= 0.6 is 15.9 Å². The summed E-state index contributed by atoms with van der Waals surface area (Å²) in [6.07, 6.45) is 1.36. The van der Waals surface area contributed by atoms with Crippen LogP contribution in [-0.2, 0) is 10.1 Å². The van der Waals surface area contributed by atoms with Crippen molar-refractivity contribution < 1.29 is 9.53 Å². The van der Waals surface area contributed by atoms with Crippen LogP contribution in [0.4, 0.5) is 10.5 Å². The summed E-state index contributed by atoms with van der Waals surface area (Å²) in [5, 5.41) is 7.64. The number of halogens is 1. The highest BCUT2D eigenvalue weighted by molar-refractivity contribution is 9.08. The number of fused-ring (bicyclic) bond motifs is 1. The van der Waals surface area contributed by atoms with Gasteiger partial charge in [-0.25, -0.2) is 14.3 Å². The van der Waals surface area contributed by atoms with Crippen LogP contribution in [0.2, 0.25) is 0 Å². The molecule has 2 heterocycles. The number of hydrogen-bond donors (Lipinski definition) is 1. The van der Waals surface area contributed by atoms with Crippen LogP contribution in [0.15, 0.2) is 12.3 Å². The maximum atomic E-state index is 11.9. The van der Waals surface area contributed by atoms with Crippen LogP contribution in [0.1, 0.15) is 32.2 Å². The zero-order valence-corrected chi connectivity index (χ0v) is 13.5. The predicted molar refractivity (Wildman–Crippen MR) is 80.2 cm³/mol. The third-order valence-electron chi connectivity index (χ3n) is 2.39. The number of nitrogens with one attached hydrogen (secondary N) is 1. The van der Waals surface area contributed by atoms with Gasteiger partial charge in [-0.15, -0.1) is 0 Å². The van der Waals surface area contributed by atoms with Gasteiger partial charge in [0.25, 0.3) is 0 Å². The fourth-order valence-corrected chi connectivity index (χ4v) is 2.03. The van der Waals surface area contributed by atoms with Gasteiger partial charge in [-0.1, -0.05) is 15.9 Å². The Labute approximate surface area is 125 Å². The monoisotopic (exact) mass is 340 g/mol. The number of alkyl halides is 1. The molecule has 1 amide bonds. The van der Waals surface area contributed by atoms with Gasteiger partial charge in [0.05, 0.1) is 5.69 Å². The number of nitrogens with zero attached hydrogens (tertiary/aromatic N) is 3. The molecular formula is C13H17BrN4O2. The molecule has 20 heavy (non-hydrogen) atoms. The fourth-order valence-electron chi connectivity index (χ4n) is 1.73. The van der Waals surface area contributed by atoms with Gasteiger partial charge in [0.15, 0.2) is 5.65 Å². The summed E-state index contributed by atoms with van der Waals surface area (Å²) < 4.78 is 6.90. The second-order valence-corrected chi connectivity index (χ2v) is 6.01. The van der Waals surface area contributed by atoms with Gasteiger partial charge in [-0.3, -0.25) is 5.32 Å². The average molecular weight is 341 g/mol. The Hall–Kier alpha value is -1.63. The second-order valence-electron chi connectivity index (χ2n) is 5.45. The van der Waals surface area contributed by atoms with E-state index in [-0.39, 0.29) is 0 Å². The van der Waals surface area contributed by atoms with Gasteiger partial charge in [0.2, 0.25) is 0 Å². The molecule has 108 valence electrons. The predicted octanol–water partition coefficient (Wildman–Crippen LogP) is 3.28. The average Bonchev–Trinajstić information content (AvgIpc) is 2.66. The van der Waals surface area contributed by atoms with Crippen LogP contribution in [0.3, 0.4) is 0 Å². The summed E-state index contributed by atoms with van der Waals surface area (Å²) in [6, 6.07) is 1.85. The van der Waals surface area contributed by atoms with Crippen molar-refractivity contribution in [2.75, 3.05) is 5.32 Å². The normalized spacial score (nSPS) is 11.7. The Balaban J connectivity index is 2.35. The molecule has 0 fully saturated rings. The van der Waals surface area contributed by atoms with Gasteiger partial charge in [-0.05, 0) is 39.3 Å². The summed E-state index contributed by atoms with van der Waals surface area (Å²) >= 11 is 3.39. The first-order chi connectivity index (χ1) is 9.28. The maximum absolute atomic E-state index is 11.9. The highest BCUT2D eigenvalue weighted by Crippen LogP contribution is 2.20. The summed E-state index contributed by atoms with van der Waals surface area (Å²) in [5.41, 5.74) is 1.61. The minimum Gasteiger partial charge on any atom is -0.444 e. The lowest BCUT2D eigenvalue weighted by atomic mass is 10.2. The molecule has 2 rings (SSSR count). The van der Waals surface area contributed by atoms with E-state index < -0.39 is 11.7 Å². The molecule has 0 aliphatic rings. The lowest BCUT2D eigenvalue weighted by Crippen LogP contribution is -2.27. The van der Waals surface area contributed by atoms with Crippen molar-refractivity contribution in [2.45, 2.75) is 38.6 Å². The van der Waals surface area contributed by atoms with Gasteiger partial charge in [0, 0.05) is 11.5 Å². The van der Waals surface area contributed by atoms with Crippen molar-refractivity contribution in [3.05, 3.63) is 23.7 Å². The quantitative estimate of drug-likeness (QED) is 0.851. The molecule has 0 aromatic carbocycles. The minimum absolute atomic E-state index is 0.508. The van der Waals surface area contributed by atoms with Crippen molar-refractivity contribution >= 4 is 33.4 Å². The molecule has 7 heteroatoms. The van der Waals surface area contributed by atoms with Crippen LogP contribution in [-0.4, -0.2) is 26.3 Å². The first kappa shape index (κ1) is 14.8. The molecule has 0 atom stereocenters. The molecule has 2 aromatic rings. The van der Waals surface area contributed by atoms with E-state index in [2.05, 4.69) is 31.3 Å². The summed E-state index contributed by atoms with van der Waals surface area (Å²) in [5.74, 6) is 0.643. The summed E-state index contributed by atoms with van der Waals surface area (Å²) in [6.45, 7) is 7.26. The number of amides is 1. The number of aromatic nitrogens is 3. The van der Waals surface area contributed by atoms with Crippen LogP contribution in [0, 0.1) is 6.92 Å². The zero-order chi connectivity index (χ0) is 14.9. The van der Waals surface area contributed by atoms with Crippen molar-refractivity contribution in [3.63, 3.8) is 0 Å². The first-order valence-corrected chi connectivity index (χ1v) is 7.32. The molecule has 6 nitrogen and oxygen atoms in total. The Kier molecular flexibility index (Phi) is 3.99. The van der Waals surface area contributed by atoms with E-state index in [1.807, 2.05) is 33.0 Å². The van der Waals surface area contributed by atoms with Gasteiger partial charge < -0.3 is 4.74 Å². The molecule has 1 N–H and O–H groups in total. The van der Waals surface area contributed by atoms with Gasteiger partial charge in [-0.2, -0.15) is 5.10 Å². The number of pyridine rings is 1. The molecule has 0 unspecified atom stereocenters. The zero-order valence-electron chi connectivity index (χ0n) is 11.9. The number of hydrogen-bond acceptors (Lipinski definition) is 4. The lowest BCUT2D eigenvalue weighted by Gasteiger charge is -2.19. The number of carbonyl (C=O) groups excluding carboxylic acids is 1. The largest absolute Gasteiger partial charge is 0.444 e. The Morgan fingerprint density at radius 1 is 1.50 bits per heavy atom.